The van der Waals surface area contributed by atoms with Crippen molar-refractivity contribution in [3.8, 4) is 5.75 Å². The first kappa shape index (κ1) is 51.2. The van der Waals surface area contributed by atoms with E-state index in [0.29, 0.717) is 22.8 Å². The fraction of sp³-hybridized carbons (Fsp3) is 0.604. The molecule has 3 aliphatic heterocycles. The quantitative estimate of drug-likeness (QED) is 0.104. The van der Waals surface area contributed by atoms with Gasteiger partial charge in [-0.2, -0.15) is 0 Å². The molecule has 0 aromatic heterocycles. The second kappa shape index (κ2) is 23.1. The number of amides is 3. The number of hydrogen-bond acceptors (Lipinski definition) is 12. The summed E-state index contributed by atoms with van der Waals surface area (Å²) in [5, 5.41) is 5.95. The van der Waals surface area contributed by atoms with Gasteiger partial charge >= 0.3 is 11.9 Å². The standard InChI is InChI=1S/C48H67ClN4O9S2/c1-30(2)25-39-45(57)60-37(11-10-12-40(54)51-36(27-33-15-18-38(59-8)35(49)26-33)44(56)50-29-47(4,5)46(58)61-39)31(3)42-43(62-42)34-16-13-32(14-17-34)28-52-21-23-53(24-22-52)41(55)19-20-48(6,7)64-63-9/h10,12-18,26,30-31,36-37,39,42-43H,11,19-25,27-29H2,1-9H3,(H,50,56)(H,51,54)/b12-10+/t31-,36+,37-,39-,42?,43+/m0/s1. The maximum Gasteiger partial charge on any atom is 0.347 e. The summed E-state index contributed by atoms with van der Waals surface area (Å²) in [5.74, 6) is -1.97. The largest absolute Gasteiger partial charge is 0.495 e. The predicted octanol–water partition coefficient (Wildman–Crippen LogP) is 7.34. The highest BCUT2D eigenvalue weighted by Crippen LogP contribution is 2.45. The molecule has 2 aromatic rings. The molecule has 352 valence electrons. The summed E-state index contributed by atoms with van der Waals surface area (Å²) in [4.78, 5) is 71.8. The van der Waals surface area contributed by atoms with Gasteiger partial charge in [-0.25, -0.2) is 4.79 Å². The van der Waals surface area contributed by atoms with Crippen LogP contribution >= 0.6 is 33.2 Å². The van der Waals surface area contributed by atoms with E-state index in [-0.39, 0.29) is 60.5 Å². The molecule has 0 spiro atoms. The Hall–Kier alpha value is -3.76. The second-order valence-corrected chi connectivity index (χ2v) is 22.3. The summed E-state index contributed by atoms with van der Waals surface area (Å²) in [6, 6.07) is 12.5. The number of carbonyl (C=O) groups excluding carboxylic acids is 5. The van der Waals surface area contributed by atoms with Crippen LogP contribution in [-0.2, 0) is 51.1 Å². The number of benzene rings is 2. The molecule has 2 saturated heterocycles. The number of esters is 2. The molecular weight excluding hydrogens is 876 g/mol. The van der Waals surface area contributed by atoms with Gasteiger partial charge < -0.3 is 34.5 Å². The zero-order chi connectivity index (χ0) is 46.8. The van der Waals surface area contributed by atoms with Crippen molar-refractivity contribution in [1.29, 1.82) is 0 Å². The third kappa shape index (κ3) is 14.9. The van der Waals surface area contributed by atoms with Crippen LogP contribution in [0, 0.1) is 17.3 Å². The highest BCUT2D eigenvalue weighted by molar-refractivity contribution is 8.76. The van der Waals surface area contributed by atoms with Crippen molar-refractivity contribution in [1.82, 2.24) is 20.4 Å². The summed E-state index contributed by atoms with van der Waals surface area (Å²) in [5.41, 5.74) is 1.63. The summed E-state index contributed by atoms with van der Waals surface area (Å²) in [6.45, 7) is 17.2. The first-order chi connectivity index (χ1) is 30.3. The lowest BCUT2D eigenvalue weighted by Crippen LogP contribution is -2.51. The molecule has 0 saturated carbocycles. The number of piperazine rings is 1. The Morgan fingerprint density at radius 3 is 2.33 bits per heavy atom. The average Bonchev–Trinajstić information content (AvgIpc) is 4.05. The van der Waals surface area contributed by atoms with Gasteiger partial charge in [-0.15, -0.1) is 0 Å². The molecule has 2 aromatic carbocycles. The van der Waals surface area contributed by atoms with Crippen molar-refractivity contribution in [2.45, 2.75) is 122 Å². The lowest BCUT2D eigenvalue weighted by atomic mass is 9.92. The molecule has 13 nitrogen and oxygen atoms in total. The van der Waals surface area contributed by atoms with Crippen LogP contribution in [0.5, 0.6) is 5.75 Å². The van der Waals surface area contributed by atoms with Crippen molar-refractivity contribution in [3.05, 3.63) is 76.3 Å². The number of hydrogen-bond donors (Lipinski definition) is 2. The number of nitrogens with zero attached hydrogens (tertiary/aromatic N) is 2. The van der Waals surface area contributed by atoms with Gasteiger partial charge in [0.15, 0.2) is 6.10 Å². The van der Waals surface area contributed by atoms with Crippen LogP contribution in [0.1, 0.15) is 96.9 Å². The molecule has 3 aliphatic rings. The second-order valence-electron chi connectivity index (χ2n) is 18.8. The van der Waals surface area contributed by atoms with Crippen molar-refractivity contribution >= 4 is 62.8 Å². The SMILES string of the molecule is COc1ccc(C[C@H]2NC(=O)/C=C/C[C@@H]([C@H](C)C3O[C@@H]3c3ccc(CN4CCN(C(=O)CCC(C)(C)SSC)CC4)cc3)OC(=O)[C@H](CC(C)C)OC(=O)C(C)(C)CNC2=O)cc1Cl. The van der Waals surface area contributed by atoms with Crippen LogP contribution in [-0.4, -0.2) is 115 Å². The van der Waals surface area contributed by atoms with Gasteiger partial charge in [-0.05, 0) is 87.6 Å². The summed E-state index contributed by atoms with van der Waals surface area (Å²) >= 11 is 6.38. The van der Waals surface area contributed by atoms with Crippen molar-refractivity contribution in [2.24, 2.45) is 17.3 Å². The molecule has 5 rings (SSSR count). The van der Waals surface area contributed by atoms with E-state index in [0.717, 1.165) is 44.7 Å². The molecule has 2 N–H and O–H groups in total. The summed E-state index contributed by atoms with van der Waals surface area (Å²) in [6.07, 6.45) is 4.56. The smallest absolute Gasteiger partial charge is 0.347 e. The average molecular weight is 944 g/mol. The molecule has 64 heavy (non-hydrogen) atoms. The number of rotatable bonds is 15. The molecular formula is C48H67ClN4O9S2. The number of halogens is 1. The van der Waals surface area contributed by atoms with Gasteiger partial charge in [0.1, 0.15) is 24.0 Å². The number of cyclic esters (lactones) is 2. The van der Waals surface area contributed by atoms with Gasteiger partial charge in [0.2, 0.25) is 17.7 Å². The molecule has 16 heteroatoms. The van der Waals surface area contributed by atoms with E-state index in [1.54, 1.807) is 48.9 Å². The molecule has 1 unspecified atom stereocenters. The highest BCUT2D eigenvalue weighted by Gasteiger charge is 2.48. The van der Waals surface area contributed by atoms with E-state index < -0.39 is 47.4 Å². The minimum atomic E-state index is -1.23. The first-order valence-electron chi connectivity index (χ1n) is 22.2. The van der Waals surface area contributed by atoms with Crippen LogP contribution in [0.4, 0.5) is 0 Å². The van der Waals surface area contributed by atoms with E-state index >= 15 is 0 Å². The molecule has 6 atom stereocenters. The van der Waals surface area contributed by atoms with Gasteiger partial charge in [0, 0.05) is 69.2 Å². The van der Waals surface area contributed by atoms with Crippen LogP contribution in [0.25, 0.3) is 0 Å². The van der Waals surface area contributed by atoms with Crippen LogP contribution in [0.3, 0.4) is 0 Å². The highest BCUT2D eigenvalue weighted by atomic mass is 35.5. The third-order valence-corrected chi connectivity index (χ3v) is 14.9. The Bertz CT molecular complexity index is 1970. The number of methoxy groups -OCH3 is 1. The van der Waals surface area contributed by atoms with Gasteiger partial charge in [0.05, 0.1) is 23.7 Å². The van der Waals surface area contributed by atoms with Gasteiger partial charge in [0.25, 0.3) is 0 Å². The van der Waals surface area contributed by atoms with Crippen LogP contribution in [0.15, 0.2) is 54.6 Å². The first-order valence-corrected chi connectivity index (χ1v) is 25.2. The Morgan fingerprint density at radius 1 is 1.00 bits per heavy atom. The molecule has 3 heterocycles. The summed E-state index contributed by atoms with van der Waals surface area (Å²) < 4.78 is 23.6. The van der Waals surface area contributed by atoms with Gasteiger partial charge in [-0.1, -0.05) is 90.4 Å². The topological polar surface area (TPSA) is 156 Å². The predicted molar refractivity (Wildman–Crippen MR) is 253 cm³/mol. The molecule has 2 fully saturated rings. The van der Waals surface area contributed by atoms with Crippen molar-refractivity contribution < 1.29 is 42.9 Å². The lowest BCUT2D eigenvalue weighted by Gasteiger charge is -2.35. The van der Waals surface area contributed by atoms with Crippen LogP contribution in [0.2, 0.25) is 5.02 Å². The monoisotopic (exact) mass is 942 g/mol. The van der Waals surface area contributed by atoms with E-state index in [1.165, 1.54) is 18.7 Å². The fourth-order valence-electron chi connectivity index (χ4n) is 7.88. The van der Waals surface area contributed by atoms with Gasteiger partial charge in [-0.3, -0.25) is 24.1 Å². The lowest BCUT2D eigenvalue weighted by molar-refractivity contribution is -0.179. The number of nitrogens with one attached hydrogen (secondary N) is 2. The zero-order valence-corrected chi connectivity index (χ0v) is 41.2. The molecule has 0 radical (unpaired) electrons. The normalized spacial score (nSPS) is 24.9. The van der Waals surface area contributed by atoms with Crippen molar-refractivity contribution in [2.75, 3.05) is 46.1 Å². The maximum atomic E-state index is 13.9. The van der Waals surface area contributed by atoms with E-state index in [9.17, 15) is 24.0 Å². The Morgan fingerprint density at radius 2 is 1.69 bits per heavy atom. The number of epoxide rings is 1. The van der Waals surface area contributed by atoms with E-state index in [2.05, 4.69) is 59.9 Å². The zero-order valence-electron chi connectivity index (χ0n) is 38.8. The summed E-state index contributed by atoms with van der Waals surface area (Å²) in [7, 11) is 5.06. The maximum absolute atomic E-state index is 13.9. The Labute approximate surface area is 392 Å². The molecule has 3 amide bonds. The van der Waals surface area contributed by atoms with Crippen LogP contribution < -0.4 is 15.4 Å². The van der Waals surface area contributed by atoms with E-state index in [4.69, 9.17) is 30.5 Å². The molecule has 0 bridgehead atoms. The minimum absolute atomic E-state index is 0.00463. The Kier molecular flexibility index (Phi) is 18.5. The van der Waals surface area contributed by atoms with Crippen molar-refractivity contribution in [3.63, 3.8) is 0 Å². The molecule has 0 aliphatic carbocycles. The minimum Gasteiger partial charge on any atom is -0.495 e. The fourth-order valence-corrected chi connectivity index (χ4v) is 10.4. The van der Waals surface area contributed by atoms with E-state index in [1.807, 2.05) is 36.5 Å². The third-order valence-electron chi connectivity index (χ3n) is 12.0. The number of ether oxygens (including phenoxy) is 4. The Balaban J connectivity index is 1.25. The number of carbonyl (C=O) groups is 5.